The normalized spacial score (nSPS) is 18.8. The second-order valence-electron chi connectivity index (χ2n) is 8.16. The number of anilines is 2. The molecule has 2 saturated carbocycles. The Morgan fingerprint density at radius 2 is 1.78 bits per heavy atom. The average molecular weight is 367 g/mol. The van der Waals surface area contributed by atoms with Crippen molar-refractivity contribution < 1.29 is 5.11 Å². The molecule has 0 unspecified atom stereocenters. The molecule has 2 aromatic rings. The van der Waals surface area contributed by atoms with E-state index >= 15 is 0 Å². The average Bonchev–Trinajstić information content (AvgIpc) is 3.55. The minimum atomic E-state index is 0.00622. The number of aliphatic hydroxyl groups is 1. The van der Waals surface area contributed by atoms with Gasteiger partial charge in [-0.3, -0.25) is 0 Å². The zero-order chi connectivity index (χ0) is 18.8. The van der Waals surface area contributed by atoms with E-state index in [0.717, 1.165) is 23.5 Å². The van der Waals surface area contributed by atoms with Crippen LogP contribution in [0, 0.1) is 11.8 Å². The molecule has 0 radical (unpaired) electrons. The van der Waals surface area contributed by atoms with Gasteiger partial charge < -0.3 is 15.7 Å². The highest BCUT2D eigenvalue weighted by molar-refractivity contribution is 5.59. The van der Waals surface area contributed by atoms with Crippen molar-refractivity contribution in [2.24, 2.45) is 11.8 Å². The highest BCUT2D eigenvalue weighted by Crippen LogP contribution is 2.35. The van der Waals surface area contributed by atoms with E-state index in [1.54, 1.807) is 0 Å². The molecule has 1 aromatic carbocycles. The molecule has 4 rings (SSSR count). The molecule has 2 aliphatic carbocycles. The largest absolute Gasteiger partial charge is 0.392 e. The third-order valence-electron chi connectivity index (χ3n) is 5.45. The summed E-state index contributed by atoms with van der Waals surface area (Å²) >= 11 is 0. The number of benzene rings is 1. The number of aliphatic hydroxyl groups excluding tert-OH is 1. The Labute approximate surface area is 160 Å². The molecule has 6 nitrogen and oxygen atoms in total. The van der Waals surface area contributed by atoms with Gasteiger partial charge in [0.1, 0.15) is 0 Å². The molecule has 0 amide bonds. The quantitative estimate of drug-likeness (QED) is 0.624. The summed E-state index contributed by atoms with van der Waals surface area (Å²) in [6.07, 6.45) is 6.38. The monoisotopic (exact) mass is 367 g/mol. The Bertz CT molecular complexity index is 788. The van der Waals surface area contributed by atoms with Gasteiger partial charge in [-0.1, -0.05) is 31.0 Å². The van der Waals surface area contributed by atoms with Gasteiger partial charge in [-0.05, 0) is 56.6 Å². The summed E-state index contributed by atoms with van der Waals surface area (Å²) in [7, 11) is 0. The van der Waals surface area contributed by atoms with Gasteiger partial charge in [0.05, 0.1) is 6.61 Å². The van der Waals surface area contributed by atoms with Gasteiger partial charge in [0.15, 0.2) is 5.82 Å². The van der Waals surface area contributed by atoms with Crippen molar-refractivity contribution in [2.75, 3.05) is 10.6 Å². The smallest absolute Gasteiger partial charge is 0.228 e. The number of nitrogens with zero attached hydrogens (tertiary/aromatic N) is 3. The van der Waals surface area contributed by atoms with E-state index < -0.39 is 0 Å². The lowest BCUT2D eigenvalue weighted by molar-refractivity contribution is 0.282. The van der Waals surface area contributed by atoms with Gasteiger partial charge in [0, 0.05) is 17.6 Å². The van der Waals surface area contributed by atoms with Crippen molar-refractivity contribution in [2.45, 2.75) is 64.6 Å². The molecule has 3 N–H and O–H groups in total. The van der Waals surface area contributed by atoms with Crippen LogP contribution in [0.25, 0.3) is 11.4 Å². The lowest BCUT2D eigenvalue weighted by Crippen LogP contribution is -2.22. The third kappa shape index (κ3) is 4.95. The van der Waals surface area contributed by atoms with Gasteiger partial charge in [-0.15, -0.1) is 0 Å². The Kier molecular flexibility index (Phi) is 5.25. The van der Waals surface area contributed by atoms with Crippen molar-refractivity contribution in [3.63, 3.8) is 0 Å². The highest BCUT2D eigenvalue weighted by Gasteiger charge is 2.29. The zero-order valence-electron chi connectivity index (χ0n) is 16.2. The van der Waals surface area contributed by atoms with Crippen LogP contribution in [0.1, 0.15) is 51.5 Å². The molecule has 0 aliphatic heterocycles. The van der Waals surface area contributed by atoms with Crippen molar-refractivity contribution in [1.29, 1.82) is 0 Å². The molecule has 2 aliphatic rings. The third-order valence-corrected chi connectivity index (χ3v) is 5.45. The molecule has 0 saturated heterocycles. The topological polar surface area (TPSA) is 83.0 Å². The SMILES string of the molecule is C[C@H](CC1CC1)Nc1nc(N[C@H](C)C2CC2)nc(-c2cccc(CO)c2)n1. The number of hydrogen-bond donors (Lipinski definition) is 3. The van der Waals surface area contributed by atoms with Crippen LogP contribution in [0.15, 0.2) is 24.3 Å². The van der Waals surface area contributed by atoms with E-state index in [1.165, 1.54) is 25.7 Å². The van der Waals surface area contributed by atoms with Gasteiger partial charge in [0.25, 0.3) is 0 Å². The van der Waals surface area contributed by atoms with Crippen LogP contribution < -0.4 is 10.6 Å². The summed E-state index contributed by atoms with van der Waals surface area (Å²) in [4.78, 5) is 13.9. The molecule has 6 heteroatoms. The molecular formula is C21H29N5O. The fourth-order valence-electron chi connectivity index (χ4n) is 3.49. The van der Waals surface area contributed by atoms with E-state index in [1.807, 2.05) is 24.3 Å². The molecule has 0 bridgehead atoms. The van der Waals surface area contributed by atoms with Crippen molar-refractivity contribution in [1.82, 2.24) is 15.0 Å². The maximum absolute atomic E-state index is 9.44. The lowest BCUT2D eigenvalue weighted by atomic mass is 10.1. The van der Waals surface area contributed by atoms with Gasteiger partial charge in [0.2, 0.25) is 11.9 Å². The van der Waals surface area contributed by atoms with Crippen molar-refractivity contribution in [3.8, 4) is 11.4 Å². The van der Waals surface area contributed by atoms with Crippen LogP contribution >= 0.6 is 0 Å². The zero-order valence-corrected chi connectivity index (χ0v) is 16.2. The maximum atomic E-state index is 9.44. The van der Waals surface area contributed by atoms with Gasteiger partial charge >= 0.3 is 0 Å². The Hall–Kier alpha value is -2.21. The minimum absolute atomic E-state index is 0.00622. The van der Waals surface area contributed by atoms with Gasteiger partial charge in [-0.2, -0.15) is 15.0 Å². The van der Waals surface area contributed by atoms with Crippen LogP contribution in [-0.2, 0) is 6.61 Å². The molecule has 1 aromatic heterocycles. The van der Waals surface area contributed by atoms with E-state index in [0.29, 0.717) is 35.7 Å². The summed E-state index contributed by atoms with van der Waals surface area (Å²) < 4.78 is 0. The highest BCUT2D eigenvalue weighted by atomic mass is 16.3. The molecular weight excluding hydrogens is 338 g/mol. The second-order valence-corrected chi connectivity index (χ2v) is 8.16. The van der Waals surface area contributed by atoms with Crippen LogP contribution in [0.4, 0.5) is 11.9 Å². The van der Waals surface area contributed by atoms with E-state index in [9.17, 15) is 5.11 Å². The maximum Gasteiger partial charge on any atom is 0.228 e. The van der Waals surface area contributed by atoms with Crippen molar-refractivity contribution >= 4 is 11.9 Å². The van der Waals surface area contributed by atoms with Crippen molar-refractivity contribution in [3.05, 3.63) is 29.8 Å². The summed E-state index contributed by atoms with van der Waals surface area (Å²) in [5.41, 5.74) is 1.74. The molecule has 0 spiro atoms. The lowest BCUT2D eigenvalue weighted by Gasteiger charge is -2.17. The molecule has 2 fully saturated rings. The van der Waals surface area contributed by atoms with E-state index in [4.69, 9.17) is 0 Å². The Morgan fingerprint density at radius 1 is 1.04 bits per heavy atom. The fourth-order valence-corrected chi connectivity index (χ4v) is 3.49. The van der Waals surface area contributed by atoms with Crippen LogP contribution in [0.3, 0.4) is 0 Å². The first-order valence-corrected chi connectivity index (χ1v) is 10.1. The minimum Gasteiger partial charge on any atom is -0.392 e. The Balaban J connectivity index is 1.59. The standard InChI is InChI=1S/C21H29N5O/c1-13(10-15-6-7-15)22-20-24-19(18-5-3-4-16(11-18)12-27)25-21(26-20)23-14(2)17-8-9-17/h3-5,11,13-15,17,27H,6-10,12H2,1-2H3,(H2,22,23,24,25,26)/t13-,14-/m1/s1. The summed E-state index contributed by atoms with van der Waals surface area (Å²) in [5.74, 6) is 3.44. The Morgan fingerprint density at radius 3 is 2.44 bits per heavy atom. The van der Waals surface area contributed by atoms with E-state index in [-0.39, 0.29) is 6.61 Å². The summed E-state index contributed by atoms with van der Waals surface area (Å²) in [6, 6.07) is 8.43. The number of rotatable bonds is 9. The number of hydrogen-bond acceptors (Lipinski definition) is 6. The molecule has 1 heterocycles. The molecule has 2 atom stereocenters. The first kappa shape index (κ1) is 18.2. The predicted molar refractivity (Wildman–Crippen MR) is 107 cm³/mol. The fraction of sp³-hybridized carbons (Fsp3) is 0.571. The van der Waals surface area contributed by atoms with Crippen LogP contribution in [0.2, 0.25) is 0 Å². The number of nitrogens with one attached hydrogen (secondary N) is 2. The molecule has 27 heavy (non-hydrogen) atoms. The molecule has 144 valence electrons. The number of aromatic nitrogens is 3. The first-order valence-electron chi connectivity index (χ1n) is 10.1. The van der Waals surface area contributed by atoms with Crippen LogP contribution in [-0.4, -0.2) is 32.1 Å². The summed E-state index contributed by atoms with van der Waals surface area (Å²) in [5, 5.41) is 16.4. The van der Waals surface area contributed by atoms with Gasteiger partial charge in [-0.25, -0.2) is 0 Å². The van der Waals surface area contributed by atoms with Crippen LogP contribution in [0.5, 0.6) is 0 Å². The summed E-state index contributed by atoms with van der Waals surface area (Å²) in [6.45, 7) is 4.39. The predicted octanol–water partition coefficient (Wildman–Crippen LogP) is 3.84. The first-order chi connectivity index (χ1) is 13.1. The second kappa shape index (κ2) is 7.80. The van der Waals surface area contributed by atoms with E-state index in [2.05, 4.69) is 39.4 Å².